The molecule has 11 rings (SSSR count). The molecule has 2 nitrogen and oxygen atoms in total. The molecule has 11 aromatic rings. The van der Waals surface area contributed by atoms with Crippen LogP contribution in [0.15, 0.2) is 192 Å². The Bertz CT molecular complexity index is 3190. The molecule has 0 aliphatic carbocycles. The topological polar surface area (TPSA) is 16.4 Å². The molecule has 0 aliphatic heterocycles. The number of rotatable bonds is 4. The first-order valence-electron chi connectivity index (χ1n) is 17.8. The molecule has 1 aromatic heterocycles. The Morgan fingerprint density at radius 1 is 0.308 bits per heavy atom. The third-order valence-electron chi connectivity index (χ3n) is 10.8. The van der Waals surface area contributed by atoms with Gasteiger partial charge in [-0.15, -0.1) is 0 Å². The minimum Gasteiger partial charge on any atom is -0.456 e. The zero-order valence-corrected chi connectivity index (χ0v) is 28.3. The van der Waals surface area contributed by atoms with Crippen molar-refractivity contribution in [2.45, 2.75) is 0 Å². The molecule has 0 amide bonds. The van der Waals surface area contributed by atoms with Crippen LogP contribution in [0.1, 0.15) is 0 Å². The summed E-state index contributed by atoms with van der Waals surface area (Å²) in [6.07, 6.45) is 0. The van der Waals surface area contributed by atoms with Gasteiger partial charge in [-0.25, -0.2) is 0 Å². The van der Waals surface area contributed by atoms with Crippen molar-refractivity contribution in [3.63, 3.8) is 0 Å². The van der Waals surface area contributed by atoms with E-state index in [-0.39, 0.29) is 0 Å². The molecule has 0 aliphatic rings. The Morgan fingerprint density at radius 2 is 0.865 bits per heavy atom. The molecule has 2 heteroatoms. The average Bonchev–Trinajstić information content (AvgIpc) is 3.58. The number of fused-ring (bicyclic) bond motifs is 11. The smallest absolute Gasteiger partial charge is 0.137 e. The summed E-state index contributed by atoms with van der Waals surface area (Å²) in [6, 6.07) is 68.2. The lowest BCUT2D eigenvalue weighted by molar-refractivity contribution is 0.669. The monoisotopic (exact) mass is 661 g/mol. The van der Waals surface area contributed by atoms with Crippen LogP contribution in [0.2, 0.25) is 0 Å². The summed E-state index contributed by atoms with van der Waals surface area (Å²) in [5.41, 5.74) is 7.40. The number of benzene rings is 10. The Morgan fingerprint density at radius 3 is 1.67 bits per heavy atom. The molecule has 0 unspecified atom stereocenters. The molecule has 10 aromatic carbocycles. The summed E-state index contributed by atoms with van der Waals surface area (Å²) in [4.78, 5) is 2.41. The quantitative estimate of drug-likeness (QED) is 0.175. The molecule has 1 heterocycles. The van der Waals surface area contributed by atoms with Gasteiger partial charge in [0.25, 0.3) is 0 Å². The normalized spacial score (nSPS) is 11.8. The van der Waals surface area contributed by atoms with Gasteiger partial charge < -0.3 is 9.32 Å². The fourth-order valence-corrected chi connectivity index (χ4v) is 8.30. The van der Waals surface area contributed by atoms with E-state index >= 15 is 0 Å². The fourth-order valence-electron chi connectivity index (χ4n) is 8.30. The molecule has 0 bridgehead atoms. The van der Waals surface area contributed by atoms with Crippen LogP contribution in [0, 0.1) is 0 Å². The van der Waals surface area contributed by atoms with E-state index in [4.69, 9.17) is 4.42 Å². The summed E-state index contributed by atoms with van der Waals surface area (Å²) in [7, 11) is 0. The van der Waals surface area contributed by atoms with Crippen molar-refractivity contribution < 1.29 is 4.42 Å². The van der Waals surface area contributed by atoms with E-state index in [0.717, 1.165) is 39.0 Å². The number of furan rings is 1. The highest BCUT2D eigenvalue weighted by Gasteiger charge is 2.21. The van der Waals surface area contributed by atoms with E-state index in [1.165, 1.54) is 65.0 Å². The lowest BCUT2D eigenvalue weighted by Crippen LogP contribution is -2.10. The Balaban J connectivity index is 1.19. The highest BCUT2D eigenvalue weighted by Crippen LogP contribution is 2.47. The lowest BCUT2D eigenvalue weighted by Gasteiger charge is -2.28. The first kappa shape index (κ1) is 28.9. The van der Waals surface area contributed by atoms with Gasteiger partial charge in [-0.05, 0) is 96.7 Å². The number of nitrogens with zero attached hydrogens (tertiary/aromatic N) is 1. The van der Waals surface area contributed by atoms with E-state index in [1.807, 2.05) is 12.1 Å². The second-order valence-corrected chi connectivity index (χ2v) is 13.7. The van der Waals surface area contributed by atoms with Crippen molar-refractivity contribution >= 4 is 92.9 Å². The first-order valence-corrected chi connectivity index (χ1v) is 17.8. The summed E-state index contributed by atoms with van der Waals surface area (Å²) in [5.74, 6) is 0. The molecule has 0 saturated carbocycles. The van der Waals surface area contributed by atoms with Gasteiger partial charge in [0.2, 0.25) is 0 Å². The van der Waals surface area contributed by atoms with Crippen LogP contribution in [-0.4, -0.2) is 0 Å². The van der Waals surface area contributed by atoms with E-state index in [1.54, 1.807) is 0 Å². The predicted octanol–water partition coefficient (Wildman–Crippen LogP) is 14.5. The minimum atomic E-state index is 0.873. The molecule has 0 N–H and O–H groups in total. The Hall–Kier alpha value is -6.90. The maximum absolute atomic E-state index is 6.46. The van der Waals surface area contributed by atoms with Crippen LogP contribution in [0.4, 0.5) is 17.1 Å². The highest BCUT2D eigenvalue weighted by atomic mass is 16.3. The third-order valence-corrected chi connectivity index (χ3v) is 10.8. The summed E-state index contributed by atoms with van der Waals surface area (Å²) >= 11 is 0. The van der Waals surface area contributed by atoms with Gasteiger partial charge >= 0.3 is 0 Å². The summed E-state index contributed by atoms with van der Waals surface area (Å²) < 4.78 is 6.46. The van der Waals surface area contributed by atoms with Crippen LogP contribution < -0.4 is 4.90 Å². The van der Waals surface area contributed by atoms with Gasteiger partial charge in [-0.2, -0.15) is 0 Å². The lowest BCUT2D eigenvalue weighted by atomic mass is 9.91. The predicted molar refractivity (Wildman–Crippen MR) is 221 cm³/mol. The van der Waals surface area contributed by atoms with E-state index in [0.29, 0.717) is 0 Å². The third kappa shape index (κ3) is 4.44. The number of anilines is 3. The molecule has 52 heavy (non-hydrogen) atoms. The maximum Gasteiger partial charge on any atom is 0.137 e. The fraction of sp³-hybridized carbons (Fsp3) is 0. The molecule has 0 atom stereocenters. The van der Waals surface area contributed by atoms with Crippen LogP contribution in [0.5, 0.6) is 0 Å². The summed E-state index contributed by atoms with van der Waals surface area (Å²) in [5, 5.41) is 14.7. The second-order valence-electron chi connectivity index (χ2n) is 13.7. The number of hydrogen-bond donors (Lipinski definition) is 0. The zero-order valence-electron chi connectivity index (χ0n) is 28.3. The van der Waals surface area contributed by atoms with Crippen LogP contribution in [0.3, 0.4) is 0 Å². The van der Waals surface area contributed by atoms with E-state index in [9.17, 15) is 0 Å². The Labute approximate surface area is 300 Å². The van der Waals surface area contributed by atoms with Crippen molar-refractivity contribution in [3.8, 4) is 11.1 Å². The molecular weight excluding hydrogens is 631 g/mol. The minimum absolute atomic E-state index is 0.873. The number of para-hydroxylation sites is 1. The molecule has 0 spiro atoms. The van der Waals surface area contributed by atoms with Crippen molar-refractivity contribution in [1.29, 1.82) is 0 Å². The molecule has 0 fully saturated rings. The van der Waals surface area contributed by atoms with Crippen LogP contribution in [-0.2, 0) is 0 Å². The van der Waals surface area contributed by atoms with Gasteiger partial charge in [0.15, 0.2) is 0 Å². The highest BCUT2D eigenvalue weighted by molar-refractivity contribution is 6.30. The van der Waals surface area contributed by atoms with Gasteiger partial charge in [-0.1, -0.05) is 140 Å². The van der Waals surface area contributed by atoms with Crippen molar-refractivity contribution in [1.82, 2.24) is 0 Å². The largest absolute Gasteiger partial charge is 0.456 e. The van der Waals surface area contributed by atoms with E-state index < -0.39 is 0 Å². The Kier molecular flexibility index (Phi) is 6.28. The van der Waals surface area contributed by atoms with Crippen molar-refractivity contribution in [2.24, 2.45) is 0 Å². The first-order chi connectivity index (χ1) is 25.8. The van der Waals surface area contributed by atoms with Gasteiger partial charge in [0.05, 0.1) is 5.69 Å². The molecule has 0 saturated heterocycles. The van der Waals surface area contributed by atoms with Crippen molar-refractivity contribution in [2.75, 3.05) is 4.90 Å². The standard InChI is InChI=1S/C50H31NO/c1-2-12-36-29-37(19-17-32(36)9-1)33-21-24-39(25-22-33)51(40-26-28-44-43-15-7-8-16-47(43)52-48(44)31-40)46-30-38-20-18-34-10-3-5-13-41(34)49(38)50-42-14-6-4-11-35(42)23-27-45(46)50/h1-31H. The average molecular weight is 662 g/mol. The maximum atomic E-state index is 6.46. The van der Waals surface area contributed by atoms with Crippen LogP contribution >= 0.6 is 0 Å². The van der Waals surface area contributed by atoms with E-state index in [2.05, 4.69) is 181 Å². The summed E-state index contributed by atoms with van der Waals surface area (Å²) in [6.45, 7) is 0. The van der Waals surface area contributed by atoms with Crippen LogP contribution in [0.25, 0.3) is 86.9 Å². The van der Waals surface area contributed by atoms with Gasteiger partial charge in [-0.3, -0.25) is 0 Å². The van der Waals surface area contributed by atoms with Gasteiger partial charge in [0, 0.05) is 39.0 Å². The molecule has 242 valence electrons. The molecular formula is C50H31NO. The van der Waals surface area contributed by atoms with Gasteiger partial charge in [0.1, 0.15) is 11.2 Å². The number of hydrogen-bond acceptors (Lipinski definition) is 2. The second kappa shape index (κ2) is 11.3. The SMILES string of the molecule is c1ccc2cc(-c3ccc(N(c4ccc5c(c4)oc4ccccc45)c4cc5ccc6ccccc6c5c5c4ccc4ccccc45)cc3)ccc2c1. The zero-order chi connectivity index (χ0) is 34.2. The molecule has 0 radical (unpaired) electrons. The van der Waals surface area contributed by atoms with Crippen molar-refractivity contribution in [3.05, 3.63) is 188 Å².